The van der Waals surface area contributed by atoms with Crippen LogP contribution >= 0.6 is 0 Å². The molecule has 0 unspecified atom stereocenters. The van der Waals surface area contributed by atoms with E-state index in [0.717, 1.165) is 22.3 Å². The van der Waals surface area contributed by atoms with Crippen LogP contribution in [0.1, 0.15) is 37.5 Å². The Morgan fingerprint density at radius 2 is 1.63 bits per heavy atom. The molecule has 0 aliphatic carbocycles. The highest BCUT2D eigenvalue weighted by Crippen LogP contribution is 2.27. The molecule has 0 aromatic heterocycles. The van der Waals surface area contributed by atoms with Gasteiger partial charge in [0.05, 0.1) is 17.7 Å². The van der Waals surface area contributed by atoms with Gasteiger partial charge in [-0.15, -0.1) is 0 Å². The van der Waals surface area contributed by atoms with E-state index in [2.05, 4.69) is 18.2 Å². The quantitative estimate of drug-likeness (QED) is 0.574. The van der Waals surface area contributed by atoms with Gasteiger partial charge in [-0.3, -0.25) is 0 Å². The van der Waals surface area contributed by atoms with Crippen molar-refractivity contribution in [3.05, 3.63) is 51.6 Å². The summed E-state index contributed by atoms with van der Waals surface area (Å²) in [5.41, 5.74) is 6.26. The Morgan fingerprint density at radius 3 is 2.11 bits per heavy atom. The third kappa shape index (κ3) is 3.12. The van der Waals surface area contributed by atoms with Crippen molar-refractivity contribution in [2.75, 3.05) is 0 Å². The minimum absolute atomic E-state index is 0.584. The number of aryl methyl sites for hydroxylation is 2. The summed E-state index contributed by atoms with van der Waals surface area (Å²) in [6.45, 7) is 9.58. The van der Waals surface area contributed by atoms with E-state index in [4.69, 9.17) is 5.26 Å². The lowest BCUT2D eigenvalue weighted by molar-refractivity contribution is 1.29. The molecule has 0 N–H and O–H groups in total. The lowest BCUT2D eigenvalue weighted by Crippen LogP contribution is -1.94. The largest absolute Gasteiger partial charge is 0.193 e. The smallest absolute Gasteiger partial charge is 0.0997 e. The Kier molecular flexibility index (Phi) is 4.67. The highest BCUT2D eigenvalue weighted by Gasteiger charge is 2.11. The number of allylic oxidation sites excluding steroid dienone is 4. The van der Waals surface area contributed by atoms with E-state index in [1.165, 1.54) is 5.56 Å². The number of rotatable bonds is 2. The fraction of sp³-hybridized carbons (Fsp3) is 0.294. The molecule has 0 fully saturated rings. The molecule has 0 saturated heterocycles. The zero-order chi connectivity index (χ0) is 14.6. The van der Waals surface area contributed by atoms with E-state index in [-0.39, 0.29) is 0 Å². The molecule has 1 aromatic carbocycles. The first kappa shape index (κ1) is 14.7. The zero-order valence-electron chi connectivity index (χ0n) is 12.1. The number of benzene rings is 1. The van der Waals surface area contributed by atoms with Gasteiger partial charge in [-0.25, -0.2) is 0 Å². The fourth-order valence-electron chi connectivity index (χ4n) is 2.09. The van der Waals surface area contributed by atoms with Crippen molar-refractivity contribution >= 4 is 5.57 Å². The van der Waals surface area contributed by atoms with E-state index in [0.29, 0.717) is 11.1 Å². The van der Waals surface area contributed by atoms with Crippen molar-refractivity contribution in [2.45, 2.75) is 34.6 Å². The second-order valence-electron chi connectivity index (χ2n) is 4.79. The predicted octanol–water partition coefficient (Wildman–Crippen LogP) is 4.46. The minimum Gasteiger partial charge on any atom is -0.193 e. The Hall–Kier alpha value is -2.32. The van der Waals surface area contributed by atoms with Gasteiger partial charge in [-0.2, -0.15) is 10.5 Å². The molecule has 0 atom stereocenters. The molecule has 96 valence electrons. The SMILES string of the molecule is C/C(=C(C#N)\C(C)=C(/C)C#N)c1ccc(C)cc1C. The molecule has 0 amide bonds. The third-order valence-corrected chi connectivity index (χ3v) is 3.38. The standard InChI is InChI=1S/C17H18N2/c1-11-6-7-16(12(2)8-11)15(5)17(10-19)14(4)13(3)9-18/h6-8H,1-5H3/b14-13+,17-15+. The van der Waals surface area contributed by atoms with Crippen LogP contribution in [0.3, 0.4) is 0 Å². The van der Waals surface area contributed by atoms with Crippen LogP contribution < -0.4 is 0 Å². The molecular formula is C17H18N2. The lowest BCUT2D eigenvalue weighted by atomic mass is 9.92. The van der Waals surface area contributed by atoms with Gasteiger partial charge in [0.15, 0.2) is 0 Å². The van der Waals surface area contributed by atoms with Crippen LogP contribution in [0.15, 0.2) is 34.9 Å². The summed E-state index contributed by atoms with van der Waals surface area (Å²) in [5.74, 6) is 0. The maximum absolute atomic E-state index is 9.37. The Labute approximate surface area is 115 Å². The van der Waals surface area contributed by atoms with E-state index in [1.807, 2.05) is 39.8 Å². The lowest BCUT2D eigenvalue weighted by Gasteiger charge is -2.11. The van der Waals surface area contributed by atoms with Crippen LogP contribution in [0.25, 0.3) is 5.57 Å². The van der Waals surface area contributed by atoms with Crippen LogP contribution in [-0.4, -0.2) is 0 Å². The van der Waals surface area contributed by atoms with Gasteiger partial charge in [-0.1, -0.05) is 23.8 Å². The summed E-state index contributed by atoms with van der Waals surface area (Å²) in [6.07, 6.45) is 0. The molecule has 0 aliphatic heterocycles. The van der Waals surface area contributed by atoms with Crippen molar-refractivity contribution in [1.29, 1.82) is 10.5 Å². The highest BCUT2D eigenvalue weighted by molar-refractivity contribution is 5.77. The number of hydrogen-bond acceptors (Lipinski definition) is 2. The average molecular weight is 250 g/mol. The summed E-state index contributed by atoms with van der Waals surface area (Å²) < 4.78 is 0. The fourth-order valence-corrected chi connectivity index (χ4v) is 2.09. The van der Waals surface area contributed by atoms with E-state index in [1.54, 1.807) is 6.92 Å². The molecule has 0 aliphatic rings. The second-order valence-corrected chi connectivity index (χ2v) is 4.79. The summed E-state index contributed by atoms with van der Waals surface area (Å²) in [4.78, 5) is 0. The normalized spacial score (nSPS) is 13.0. The molecular weight excluding hydrogens is 232 g/mol. The monoisotopic (exact) mass is 250 g/mol. The van der Waals surface area contributed by atoms with Crippen LogP contribution in [0.5, 0.6) is 0 Å². The zero-order valence-corrected chi connectivity index (χ0v) is 12.1. The predicted molar refractivity (Wildman–Crippen MR) is 78.1 cm³/mol. The van der Waals surface area contributed by atoms with Gasteiger partial charge in [0.1, 0.15) is 0 Å². The van der Waals surface area contributed by atoms with Gasteiger partial charge in [0.2, 0.25) is 0 Å². The van der Waals surface area contributed by atoms with E-state index in [9.17, 15) is 5.26 Å². The highest BCUT2D eigenvalue weighted by atomic mass is 14.3. The first-order valence-corrected chi connectivity index (χ1v) is 6.19. The molecule has 0 spiro atoms. The molecule has 19 heavy (non-hydrogen) atoms. The molecule has 0 bridgehead atoms. The summed E-state index contributed by atoms with van der Waals surface area (Å²) in [5, 5.41) is 18.3. The van der Waals surface area contributed by atoms with Crippen LogP contribution in [0, 0.1) is 36.5 Å². The Morgan fingerprint density at radius 1 is 1.00 bits per heavy atom. The molecule has 2 nitrogen and oxygen atoms in total. The van der Waals surface area contributed by atoms with Gasteiger partial charge in [0.25, 0.3) is 0 Å². The molecule has 0 radical (unpaired) electrons. The van der Waals surface area contributed by atoms with Crippen LogP contribution in [0.2, 0.25) is 0 Å². The second kappa shape index (κ2) is 6.03. The van der Waals surface area contributed by atoms with E-state index >= 15 is 0 Å². The molecule has 2 heteroatoms. The Balaban J connectivity index is 3.52. The van der Waals surface area contributed by atoms with Crippen molar-refractivity contribution in [3.8, 4) is 12.1 Å². The molecule has 1 aromatic rings. The maximum Gasteiger partial charge on any atom is 0.0997 e. The summed E-state index contributed by atoms with van der Waals surface area (Å²) in [6, 6.07) is 10.5. The first-order valence-electron chi connectivity index (χ1n) is 6.19. The van der Waals surface area contributed by atoms with Gasteiger partial charge < -0.3 is 0 Å². The summed E-state index contributed by atoms with van der Waals surface area (Å²) >= 11 is 0. The van der Waals surface area contributed by atoms with Gasteiger partial charge in [0, 0.05) is 5.57 Å². The van der Waals surface area contributed by atoms with Gasteiger partial charge >= 0.3 is 0 Å². The molecule has 0 saturated carbocycles. The average Bonchev–Trinajstić information content (AvgIpc) is 2.38. The third-order valence-electron chi connectivity index (χ3n) is 3.38. The van der Waals surface area contributed by atoms with Crippen molar-refractivity contribution in [2.24, 2.45) is 0 Å². The number of hydrogen-bond donors (Lipinski definition) is 0. The van der Waals surface area contributed by atoms with Crippen LogP contribution in [0.4, 0.5) is 0 Å². The van der Waals surface area contributed by atoms with Crippen molar-refractivity contribution in [3.63, 3.8) is 0 Å². The van der Waals surface area contributed by atoms with Crippen LogP contribution in [-0.2, 0) is 0 Å². The number of nitriles is 2. The Bertz CT molecular complexity index is 647. The number of nitrogens with zero attached hydrogens (tertiary/aromatic N) is 2. The topological polar surface area (TPSA) is 47.6 Å². The first-order chi connectivity index (χ1) is 8.92. The van der Waals surface area contributed by atoms with Crippen molar-refractivity contribution in [1.82, 2.24) is 0 Å². The minimum atomic E-state index is 0.584. The van der Waals surface area contributed by atoms with E-state index < -0.39 is 0 Å². The molecule has 1 rings (SSSR count). The van der Waals surface area contributed by atoms with Crippen molar-refractivity contribution < 1.29 is 0 Å². The van der Waals surface area contributed by atoms with Gasteiger partial charge in [-0.05, 0) is 56.9 Å². The maximum atomic E-state index is 9.37. The summed E-state index contributed by atoms with van der Waals surface area (Å²) in [7, 11) is 0. The molecule has 0 heterocycles.